The summed E-state index contributed by atoms with van der Waals surface area (Å²) in [4.78, 5) is 6.50. The van der Waals surface area contributed by atoms with E-state index in [2.05, 4.69) is 16.8 Å². The summed E-state index contributed by atoms with van der Waals surface area (Å²) >= 11 is 0. The van der Waals surface area contributed by atoms with E-state index in [0.29, 0.717) is 13.2 Å². The molecule has 4 nitrogen and oxygen atoms in total. The molecule has 1 aromatic heterocycles. The largest absolute Gasteiger partial charge is 0.394 e. The summed E-state index contributed by atoms with van der Waals surface area (Å²) in [5.74, 6) is 0. The first-order chi connectivity index (χ1) is 7.75. The molecule has 0 aliphatic rings. The van der Waals surface area contributed by atoms with Crippen molar-refractivity contribution in [2.75, 3.05) is 33.4 Å². The highest BCUT2D eigenvalue weighted by Gasteiger charge is 2.11. The molecule has 1 atom stereocenters. The Bertz CT molecular complexity index is 280. The summed E-state index contributed by atoms with van der Waals surface area (Å²) in [6, 6.07) is 6.21. The van der Waals surface area contributed by atoms with Gasteiger partial charge in [-0.25, -0.2) is 0 Å². The maximum atomic E-state index is 8.57. The van der Waals surface area contributed by atoms with Crippen molar-refractivity contribution in [3.8, 4) is 0 Å². The quantitative estimate of drug-likeness (QED) is 0.704. The number of pyridine rings is 1. The average Bonchev–Trinajstić information content (AvgIpc) is 2.34. The first kappa shape index (κ1) is 13.1. The molecule has 0 aromatic carbocycles. The number of aliphatic hydroxyl groups is 1. The van der Waals surface area contributed by atoms with Crippen molar-refractivity contribution in [3.05, 3.63) is 30.1 Å². The molecule has 0 amide bonds. The standard InChI is InChI=1S/C12H20N2O2/c1-11(12-5-3-4-6-13-12)14(2)7-9-16-10-8-15/h3-6,11,15H,7-10H2,1-2H3. The molecule has 0 spiro atoms. The van der Waals surface area contributed by atoms with Crippen LogP contribution in [0.1, 0.15) is 18.7 Å². The number of aliphatic hydroxyl groups excluding tert-OH is 1. The van der Waals surface area contributed by atoms with Gasteiger partial charge < -0.3 is 9.84 Å². The van der Waals surface area contributed by atoms with Crippen LogP contribution in [0, 0.1) is 0 Å². The van der Waals surface area contributed by atoms with Crippen LogP contribution in [0.4, 0.5) is 0 Å². The number of aromatic nitrogens is 1. The van der Waals surface area contributed by atoms with Crippen LogP contribution in [0.15, 0.2) is 24.4 Å². The van der Waals surface area contributed by atoms with E-state index < -0.39 is 0 Å². The molecule has 1 N–H and O–H groups in total. The zero-order valence-corrected chi connectivity index (χ0v) is 9.97. The Morgan fingerprint density at radius 3 is 2.88 bits per heavy atom. The summed E-state index contributed by atoms with van der Waals surface area (Å²) in [7, 11) is 2.04. The van der Waals surface area contributed by atoms with Crippen molar-refractivity contribution in [2.24, 2.45) is 0 Å². The minimum atomic E-state index is 0.0828. The van der Waals surface area contributed by atoms with Crippen molar-refractivity contribution >= 4 is 0 Å². The monoisotopic (exact) mass is 224 g/mol. The van der Waals surface area contributed by atoms with Crippen molar-refractivity contribution in [1.82, 2.24) is 9.88 Å². The Balaban J connectivity index is 2.33. The lowest BCUT2D eigenvalue weighted by Crippen LogP contribution is -2.27. The Labute approximate surface area is 96.9 Å². The van der Waals surface area contributed by atoms with E-state index in [9.17, 15) is 0 Å². The minimum Gasteiger partial charge on any atom is -0.394 e. The van der Waals surface area contributed by atoms with Crippen LogP contribution < -0.4 is 0 Å². The van der Waals surface area contributed by atoms with E-state index in [0.717, 1.165) is 12.2 Å². The van der Waals surface area contributed by atoms with Crippen LogP contribution in [-0.4, -0.2) is 48.4 Å². The van der Waals surface area contributed by atoms with Crippen LogP contribution in [0.2, 0.25) is 0 Å². The predicted molar refractivity (Wildman–Crippen MR) is 63.2 cm³/mol. The summed E-state index contributed by atoms with van der Waals surface area (Å²) in [5, 5.41) is 8.57. The third-order valence-corrected chi connectivity index (χ3v) is 2.60. The van der Waals surface area contributed by atoms with Crippen LogP contribution in [0.25, 0.3) is 0 Å². The molecular weight excluding hydrogens is 204 g/mol. The van der Waals surface area contributed by atoms with Crippen LogP contribution >= 0.6 is 0 Å². The second-order valence-corrected chi connectivity index (χ2v) is 3.75. The van der Waals surface area contributed by atoms with E-state index in [1.165, 1.54) is 0 Å². The summed E-state index contributed by atoms with van der Waals surface area (Å²) in [6.07, 6.45) is 1.81. The Hall–Kier alpha value is -0.970. The third kappa shape index (κ3) is 4.26. The van der Waals surface area contributed by atoms with Gasteiger partial charge in [0.15, 0.2) is 0 Å². The molecule has 0 aliphatic carbocycles. The first-order valence-corrected chi connectivity index (χ1v) is 5.55. The Kier molecular flexibility index (Phi) is 6.00. The van der Waals surface area contributed by atoms with Gasteiger partial charge in [0.2, 0.25) is 0 Å². The third-order valence-electron chi connectivity index (χ3n) is 2.60. The molecular formula is C12H20N2O2. The smallest absolute Gasteiger partial charge is 0.0698 e. The van der Waals surface area contributed by atoms with Gasteiger partial charge in [0, 0.05) is 18.8 Å². The molecule has 0 saturated carbocycles. The lowest BCUT2D eigenvalue weighted by molar-refractivity contribution is 0.0715. The molecule has 16 heavy (non-hydrogen) atoms. The maximum Gasteiger partial charge on any atom is 0.0698 e. The zero-order valence-electron chi connectivity index (χ0n) is 9.97. The van der Waals surface area contributed by atoms with Crippen molar-refractivity contribution in [2.45, 2.75) is 13.0 Å². The van der Waals surface area contributed by atoms with Gasteiger partial charge in [0.25, 0.3) is 0 Å². The number of nitrogens with zero attached hydrogens (tertiary/aromatic N) is 2. The van der Waals surface area contributed by atoms with E-state index in [-0.39, 0.29) is 12.6 Å². The van der Waals surface area contributed by atoms with Gasteiger partial charge in [0.1, 0.15) is 0 Å². The van der Waals surface area contributed by atoms with Gasteiger partial charge in [-0.1, -0.05) is 6.07 Å². The van der Waals surface area contributed by atoms with Crippen molar-refractivity contribution < 1.29 is 9.84 Å². The molecule has 90 valence electrons. The summed E-state index contributed by atoms with van der Waals surface area (Å²) < 4.78 is 5.23. The van der Waals surface area contributed by atoms with E-state index in [4.69, 9.17) is 9.84 Å². The molecule has 1 heterocycles. The fourth-order valence-electron chi connectivity index (χ4n) is 1.42. The SMILES string of the molecule is CC(c1ccccn1)N(C)CCOCCO. The average molecular weight is 224 g/mol. The molecule has 0 radical (unpaired) electrons. The van der Waals surface area contributed by atoms with Crippen molar-refractivity contribution in [1.29, 1.82) is 0 Å². The normalized spacial score (nSPS) is 13.0. The van der Waals surface area contributed by atoms with E-state index in [1.54, 1.807) is 0 Å². The molecule has 1 aromatic rings. The zero-order chi connectivity index (χ0) is 11.8. The predicted octanol–water partition coefficient (Wildman–Crippen LogP) is 1.08. The van der Waals surface area contributed by atoms with E-state index in [1.807, 2.05) is 31.4 Å². The molecule has 1 unspecified atom stereocenters. The lowest BCUT2D eigenvalue weighted by Gasteiger charge is -2.23. The molecule has 4 heteroatoms. The second-order valence-electron chi connectivity index (χ2n) is 3.75. The number of rotatable bonds is 7. The fraction of sp³-hybridized carbons (Fsp3) is 0.583. The fourth-order valence-corrected chi connectivity index (χ4v) is 1.42. The summed E-state index contributed by atoms with van der Waals surface area (Å²) in [5.41, 5.74) is 1.06. The Morgan fingerprint density at radius 1 is 1.44 bits per heavy atom. The number of ether oxygens (including phenoxy) is 1. The van der Waals surface area contributed by atoms with Crippen LogP contribution in [-0.2, 0) is 4.74 Å². The van der Waals surface area contributed by atoms with Crippen molar-refractivity contribution in [3.63, 3.8) is 0 Å². The number of likely N-dealkylation sites (N-methyl/N-ethyl adjacent to an activating group) is 1. The van der Waals surface area contributed by atoms with Gasteiger partial charge in [-0.3, -0.25) is 9.88 Å². The molecule has 0 fully saturated rings. The Morgan fingerprint density at radius 2 is 2.25 bits per heavy atom. The highest BCUT2D eigenvalue weighted by atomic mass is 16.5. The number of hydrogen-bond acceptors (Lipinski definition) is 4. The summed E-state index contributed by atoms with van der Waals surface area (Å²) in [6.45, 7) is 4.08. The minimum absolute atomic E-state index is 0.0828. The van der Waals surface area contributed by atoms with Gasteiger partial charge >= 0.3 is 0 Å². The van der Waals surface area contributed by atoms with E-state index >= 15 is 0 Å². The molecule has 0 saturated heterocycles. The topological polar surface area (TPSA) is 45.6 Å². The highest BCUT2D eigenvalue weighted by Crippen LogP contribution is 2.14. The van der Waals surface area contributed by atoms with Crippen LogP contribution in [0.3, 0.4) is 0 Å². The maximum absolute atomic E-state index is 8.57. The van der Waals surface area contributed by atoms with Gasteiger partial charge in [-0.05, 0) is 26.1 Å². The lowest BCUT2D eigenvalue weighted by atomic mass is 10.2. The second kappa shape index (κ2) is 7.33. The van der Waals surface area contributed by atoms with Gasteiger partial charge in [-0.15, -0.1) is 0 Å². The van der Waals surface area contributed by atoms with Crippen LogP contribution in [0.5, 0.6) is 0 Å². The molecule has 0 aliphatic heterocycles. The van der Waals surface area contributed by atoms with Gasteiger partial charge in [0.05, 0.1) is 25.5 Å². The first-order valence-electron chi connectivity index (χ1n) is 5.55. The molecule has 0 bridgehead atoms. The molecule has 1 rings (SSSR count). The highest BCUT2D eigenvalue weighted by molar-refractivity contribution is 5.07. The number of hydrogen-bond donors (Lipinski definition) is 1. The van der Waals surface area contributed by atoms with Gasteiger partial charge in [-0.2, -0.15) is 0 Å².